The number of hydrogen-bond acceptors (Lipinski definition) is 4. The fraction of sp³-hybridized carbons (Fsp3) is 0.692. The van der Waals surface area contributed by atoms with Crippen LogP contribution in [0.5, 0.6) is 0 Å². The van der Waals surface area contributed by atoms with Crippen LogP contribution < -0.4 is 5.32 Å². The summed E-state index contributed by atoms with van der Waals surface area (Å²) in [6.07, 6.45) is 2.03. The highest BCUT2D eigenvalue weighted by molar-refractivity contribution is 14.1. The third kappa shape index (κ3) is 4.68. The molecule has 0 atom stereocenters. The third-order valence-electron chi connectivity index (χ3n) is 2.54. The molecule has 0 fully saturated rings. The van der Waals surface area contributed by atoms with Crippen LogP contribution in [0.1, 0.15) is 38.7 Å². The molecule has 0 aliphatic rings. The molecule has 0 amide bonds. The molecule has 4 nitrogen and oxygen atoms in total. The second-order valence-electron chi connectivity index (χ2n) is 4.64. The number of aryl methyl sites for hydroxylation is 1. The van der Waals surface area contributed by atoms with Crippen LogP contribution in [0.3, 0.4) is 0 Å². The molecular formula is C13H22IN3O. The van der Waals surface area contributed by atoms with Gasteiger partial charge in [-0.05, 0) is 41.9 Å². The molecule has 1 rings (SSSR count). The average molecular weight is 363 g/mol. The molecule has 1 aromatic heterocycles. The summed E-state index contributed by atoms with van der Waals surface area (Å²) in [4.78, 5) is 9.18. The van der Waals surface area contributed by atoms with Gasteiger partial charge in [0.2, 0.25) is 0 Å². The third-order valence-corrected chi connectivity index (χ3v) is 3.67. The zero-order valence-electron chi connectivity index (χ0n) is 11.6. The van der Waals surface area contributed by atoms with Crippen molar-refractivity contribution in [3.63, 3.8) is 0 Å². The van der Waals surface area contributed by atoms with E-state index in [-0.39, 0.29) is 0 Å². The summed E-state index contributed by atoms with van der Waals surface area (Å²) in [5.41, 5.74) is 0.975. The van der Waals surface area contributed by atoms with E-state index in [1.807, 2.05) is 0 Å². The van der Waals surface area contributed by atoms with Gasteiger partial charge in [0.1, 0.15) is 11.6 Å². The summed E-state index contributed by atoms with van der Waals surface area (Å²) in [6.45, 7) is 7.90. The largest absolute Gasteiger partial charge is 0.378 e. The molecule has 0 spiro atoms. The Bertz CT molecular complexity index is 355. The van der Waals surface area contributed by atoms with Crippen LogP contribution in [0.2, 0.25) is 0 Å². The highest BCUT2D eigenvalue weighted by atomic mass is 127. The van der Waals surface area contributed by atoms with E-state index >= 15 is 0 Å². The Hall–Kier alpha value is -0.430. The van der Waals surface area contributed by atoms with Crippen LogP contribution in [-0.2, 0) is 17.8 Å². The number of nitrogens with one attached hydrogen (secondary N) is 1. The van der Waals surface area contributed by atoms with Crippen molar-refractivity contribution in [3.05, 3.63) is 15.1 Å². The molecule has 0 bridgehead atoms. The maximum atomic E-state index is 5.20. The van der Waals surface area contributed by atoms with E-state index in [0.717, 1.165) is 40.3 Å². The Morgan fingerprint density at radius 1 is 1.33 bits per heavy atom. The number of aromatic nitrogens is 2. The van der Waals surface area contributed by atoms with E-state index in [4.69, 9.17) is 4.74 Å². The maximum absolute atomic E-state index is 5.20. The molecule has 18 heavy (non-hydrogen) atoms. The van der Waals surface area contributed by atoms with Crippen molar-refractivity contribution in [2.75, 3.05) is 19.0 Å². The quantitative estimate of drug-likeness (QED) is 0.756. The number of nitrogens with zero attached hydrogens (tertiary/aromatic N) is 2. The second kappa shape index (κ2) is 7.89. The zero-order chi connectivity index (χ0) is 13.5. The van der Waals surface area contributed by atoms with Gasteiger partial charge >= 0.3 is 0 Å². The van der Waals surface area contributed by atoms with Crippen molar-refractivity contribution in [3.8, 4) is 0 Å². The number of ether oxygens (including phenoxy) is 1. The summed E-state index contributed by atoms with van der Waals surface area (Å²) < 4.78 is 6.26. The van der Waals surface area contributed by atoms with E-state index in [1.165, 1.54) is 0 Å². The van der Waals surface area contributed by atoms with Crippen molar-refractivity contribution >= 4 is 28.4 Å². The second-order valence-corrected chi connectivity index (χ2v) is 5.72. The van der Waals surface area contributed by atoms with Crippen molar-refractivity contribution in [2.24, 2.45) is 5.92 Å². The van der Waals surface area contributed by atoms with Gasteiger partial charge in [0.05, 0.1) is 15.9 Å². The first-order chi connectivity index (χ1) is 8.58. The van der Waals surface area contributed by atoms with E-state index in [1.54, 1.807) is 7.11 Å². The van der Waals surface area contributed by atoms with Crippen LogP contribution in [0.15, 0.2) is 0 Å². The number of methoxy groups -OCH3 is 1. The standard InChI is InChI=1S/C13H22IN3O/c1-5-15-13-12(14)10(8-18-4)16-11(17-13)7-6-9(2)3/h9H,5-8H2,1-4H3,(H,15,16,17). The molecule has 5 heteroatoms. The monoisotopic (exact) mass is 363 g/mol. The van der Waals surface area contributed by atoms with Gasteiger partial charge < -0.3 is 10.1 Å². The van der Waals surface area contributed by atoms with Gasteiger partial charge in [0.25, 0.3) is 0 Å². The fourth-order valence-corrected chi connectivity index (χ4v) is 2.18. The summed E-state index contributed by atoms with van der Waals surface area (Å²) >= 11 is 2.28. The lowest BCUT2D eigenvalue weighted by molar-refractivity contribution is 0.180. The van der Waals surface area contributed by atoms with Crippen LogP contribution in [0, 0.1) is 9.49 Å². The number of halogens is 1. The Morgan fingerprint density at radius 2 is 2.06 bits per heavy atom. The lowest BCUT2D eigenvalue weighted by atomic mass is 10.1. The molecule has 0 saturated heterocycles. The van der Waals surface area contributed by atoms with Gasteiger partial charge in [-0.1, -0.05) is 13.8 Å². The highest BCUT2D eigenvalue weighted by Crippen LogP contribution is 2.20. The van der Waals surface area contributed by atoms with Crippen LogP contribution in [0.4, 0.5) is 5.82 Å². The predicted octanol–water partition coefficient (Wildman–Crippen LogP) is 3.25. The highest BCUT2D eigenvalue weighted by Gasteiger charge is 2.12. The molecule has 0 aliphatic heterocycles. The zero-order valence-corrected chi connectivity index (χ0v) is 13.7. The summed E-state index contributed by atoms with van der Waals surface area (Å²) in [6, 6.07) is 0. The molecule has 1 aromatic rings. The Balaban J connectivity index is 2.95. The van der Waals surface area contributed by atoms with Crippen molar-refractivity contribution in [2.45, 2.75) is 40.2 Å². The molecule has 102 valence electrons. The Labute approximate surface area is 123 Å². The molecular weight excluding hydrogens is 341 g/mol. The number of hydrogen-bond donors (Lipinski definition) is 1. The Morgan fingerprint density at radius 3 is 2.61 bits per heavy atom. The topological polar surface area (TPSA) is 47.0 Å². The Kier molecular flexibility index (Phi) is 6.85. The molecule has 1 heterocycles. The van der Waals surface area contributed by atoms with Gasteiger partial charge in [-0.3, -0.25) is 0 Å². The molecule has 0 radical (unpaired) electrons. The van der Waals surface area contributed by atoms with E-state index < -0.39 is 0 Å². The average Bonchev–Trinajstić information content (AvgIpc) is 2.32. The lowest BCUT2D eigenvalue weighted by Gasteiger charge is -2.12. The van der Waals surface area contributed by atoms with Gasteiger partial charge in [-0.25, -0.2) is 9.97 Å². The van der Waals surface area contributed by atoms with Crippen molar-refractivity contribution < 1.29 is 4.74 Å². The van der Waals surface area contributed by atoms with Crippen molar-refractivity contribution in [1.82, 2.24) is 9.97 Å². The number of anilines is 1. The summed E-state index contributed by atoms with van der Waals surface area (Å²) in [5, 5.41) is 3.29. The minimum atomic E-state index is 0.536. The first-order valence-corrected chi connectivity index (χ1v) is 7.44. The maximum Gasteiger partial charge on any atom is 0.143 e. The lowest BCUT2D eigenvalue weighted by Crippen LogP contribution is -2.11. The molecule has 0 unspecified atom stereocenters. The van der Waals surface area contributed by atoms with Crippen LogP contribution in [0.25, 0.3) is 0 Å². The van der Waals surface area contributed by atoms with Gasteiger partial charge in [-0.15, -0.1) is 0 Å². The van der Waals surface area contributed by atoms with Crippen LogP contribution >= 0.6 is 22.6 Å². The van der Waals surface area contributed by atoms with Gasteiger partial charge in [-0.2, -0.15) is 0 Å². The summed E-state index contributed by atoms with van der Waals surface area (Å²) in [5.74, 6) is 2.51. The normalized spacial score (nSPS) is 11.0. The first-order valence-electron chi connectivity index (χ1n) is 6.36. The molecule has 0 saturated carbocycles. The molecule has 0 aromatic carbocycles. The van der Waals surface area contributed by atoms with Crippen LogP contribution in [-0.4, -0.2) is 23.6 Å². The smallest absolute Gasteiger partial charge is 0.143 e. The minimum Gasteiger partial charge on any atom is -0.378 e. The van der Waals surface area contributed by atoms with E-state index in [9.17, 15) is 0 Å². The fourth-order valence-electron chi connectivity index (χ4n) is 1.59. The molecule has 0 aliphatic carbocycles. The SMILES string of the molecule is CCNc1nc(CCC(C)C)nc(COC)c1I. The van der Waals surface area contributed by atoms with Gasteiger partial charge in [0.15, 0.2) is 0 Å². The minimum absolute atomic E-state index is 0.536. The molecule has 1 N–H and O–H groups in total. The van der Waals surface area contributed by atoms with Gasteiger partial charge in [0, 0.05) is 20.1 Å². The number of rotatable bonds is 7. The summed E-state index contributed by atoms with van der Waals surface area (Å²) in [7, 11) is 1.69. The predicted molar refractivity (Wildman–Crippen MR) is 82.8 cm³/mol. The van der Waals surface area contributed by atoms with Crippen molar-refractivity contribution in [1.29, 1.82) is 0 Å². The van der Waals surface area contributed by atoms with E-state index in [2.05, 4.69) is 58.6 Å². The first kappa shape index (κ1) is 15.6. The van der Waals surface area contributed by atoms with E-state index in [0.29, 0.717) is 12.5 Å².